The van der Waals surface area contributed by atoms with Gasteiger partial charge in [0.1, 0.15) is 6.54 Å². The normalized spacial score (nSPS) is 15.7. The van der Waals surface area contributed by atoms with Crippen molar-refractivity contribution in [1.29, 1.82) is 0 Å². The van der Waals surface area contributed by atoms with Crippen molar-refractivity contribution in [1.82, 2.24) is 15.5 Å². The largest absolute Gasteiger partial charge is 0.356 e. The van der Waals surface area contributed by atoms with E-state index < -0.39 is 0 Å². The monoisotopic (exact) mass is 364 g/mol. The topological polar surface area (TPSA) is 56.7 Å². The molecule has 0 atom stereocenters. The van der Waals surface area contributed by atoms with Crippen LogP contribution in [0.3, 0.4) is 0 Å². The molecule has 0 radical (unpaired) electrons. The molecule has 5 nitrogen and oxygen atoms in total. The first-order valence-corrected chi connectivity index (χ1v) is 9.42. The number of carbonyl (C=O) groups is 1. The van der Waals surface area contributed by atoms with Crippen molar-refractivity contribution < 1.29 is 4.79 Å². The molecule has 0 saturated heterocycles. The van der Waals surface area contributed by atoms with E-state index in [0.717, 1.165) is 36.4 Å². The maximum Gasteiger partial charge on any atom is 0.243 e. The second-order valence-corrected chi connectivity index (χ2v) is 7.11. The van der Waals surface area contributed by atoms with Crippen LogP contribution < -0.4 is 10.6 Å². The summed E-state index contributed by atoms with van der Waals surface area (Å²) < 4.78 is 0. The van der Waals surface area contributed by atoms with Crippen molar-refractivity contribution in [3.8, 4) is 0 Å². The fraction of sp³-hybridized carbons (Fsp3) is 0.579. The first-order valence-electron chi connectivity index (χ1n) is 9.04. The molecule has 138 valence electrons. The van der Waals surface area contributed by atoms with Crippen molar-refractivity contribution in [2.24, 2.45) is 4.99 Å². The Labute approximate surface area is 155 Å². The Morgan fingerprint density at radius 1 is 1.24 bits per heavy atom. The van der Waals surface area contributed by atoms with Gasteiger partial charge in [-0.3, -0.25) is 4.79 Å². The SMILES string of the molecule is CN(C)C(=O)CN=C(NCCc1ccccc1Cl)NC1CCCCC1. The molecular weight excluding hydrogens is 336 g/mol. The van der Waals surface area contributed by atoms with E-state index in [2.05, 4.69) is 15.6 Å². The van der Waals surface area contributed by atoms with Crippen molar-refractivity contribution >= 4 is 23.5 Å². The van der Waals surface area contributed by atoms with E-state index >= 15 is 0 Å². The number of amides is 1. The number of hydrogen-bond donors (Lipinski definition) is 2. The summed E-state index contributed by atoms with van der Waals surface area (Å²) in [4.78, 5) is 17.8. The highest BCUT2D eigenvalue weighted by Gasteiger charge is 2.15. The van der Waals surface area contributed by atoms with E-state index in [1.54, 1.807) is 19.0 Å². The summed E-state index contributed by atoms with van der Waals surface area (Å²) in [6.45, 7) is 0.875. The molecule has 6 heteroatoms. The van der Waals surface area contributed by atoms with Gasteiger partial charge in [0.2, 0.25) is 5.91 Å². The zero-order valence-electron chi connectivity index (χ0n) is 15.2. The summed E-state index contributed by atoms with van der Waals surface area (Å²) in [6.07, 6.45) is 6.94. The van der Waals surface area contributed by atoms with Crippen molar-refractivity contribution in [2.45, 2.75) is 44.6 Å². The van der Waals surface area contributed by atoms with E-state index in [9.17, 15) is 4.79 Å². The third kappa shape index (κ3) is 6.94. The Balaban J connectivity index is 1.91. The quantitative estimate of drug-likeness (QED) is 0.602. The van der Waals surface area contributed by atoms with Crippen molar-refractivity contribution in [2.75, 3.05) is 27.2 Å². The lowest BCUT2D eigenvalue weighted by Gasteiger charge is -2.25. The summed E-state index contributed by atoms with van der Waals surface area (Å²) in [7, 11) is 3.49. The second kappa shape index (κ2) is 10.3. The molecule has 1 aliphatic rings. The van der Waals surface area contributed by atoms with Crippen LogP contribution in [0.5, 0.6) is 0 Å². The number of carbonyl (C=O) groups excluding carboxylic acids is 1. The number of likely N-dealkylation sites (N-methyl/N-ethyl adjacent to an activating group) is 1. The lowest BCUT2D eigenvalue weighted by Crippen LogP contribution is -2.45. The molecule has 0 aliphatic heterocycles. The zero-order chi connectivity index (χ0) is 18.1. The number of halogens is 1. The van der Waals surface area contributed by atoms with Gasteiger partial charge in [-0.05, 0) is 30.9 Å². The molecular formula is C19H29ClN4O. The number of nitrogens with zero attached hydrogens (tertiary/aromatic N) is 2. The third-order valence-electron chi connectivity index (χ3n) is 4.46. The van der Waals surface area contributed by atoms with Crippen LogP contribution in [0.15, 0.2) is 29.3 Å². The van der Waals surface area contributed by atoms with Gasteiger partial charge in [0, 0.05) is 31.7 Å². The number of rotatable bonds is 6. The second-order valence-electron chi connectivity index (χ2n) is 6.70. The minimum atomic E-state index is -0.00384. The fourth-order valence-corrected chi connectivity index (χ4v) is 3.13. The van der Waals surface area contributed by atoms with Gasteiger partial charge in [-0.15, -0.1) is 0 Å². The van der Waals surface area contributed by atoms with Crippen LogP contribution in [0.1, 0.15) is 37.7 Å². The first-order chi connectivity index (χ1) is 12.1. The lowest BCUT2D eigenvalue weighted by atomic mass is 9.96. The Morgan fingerprint density at radius 2 is 1.96 bits per heavy atom. The molecule has 1 fully saturated rings. The molecule has 0 spiro atoms. The Kier molecular flexibility index (Phi) is 8.06. The Hall–Kier alpha value is -1.75. The number of nitrogens with one attached hydrogen (secondary N) is 2. The average Bonchev–Trinajstić information content (AvgIpc) is 2.61. The first kappa shape index (κ1) is 19.6. The maximum atomic E-state index is 11.8. The molecule has 1 saturated carbocycles. The molecule has 0 bridgehead atoms. The highest BCUT2D eigenvalue weighted by molar-refractivity contribution is 6.31. The lowest BCUT2D eigenvalue weighted by molar-refractivity contribution is -0.127. The molecule has 0 heterocycles. The highest BCUT2D eigenvalue weighted by atomic mass is 35.5. The van der Waals surface area contributed by atoms with Gasteiger partial charge in [-0.1, -0.05) is 49.1 Å². The summed E-state index contributed by atoms with van der Waals surface area (Å²) in [6, 6.07) is 8.30. The van der Waals surface area contributed by atoms with Crippen LogP contribution >= 0.6 is 11.6 Å². The number of guanidine groups is 1. The molecule has 25 heavy (non-hydrogen) atoms. The fourth-order valence-electron chi connectivity index (χ4n) is 2.90. The number of benzene rings is 1. The van der Waals surface area contributed by atoms with E-state index in [-0.39, 0.29) is 12.5 Å². The molecule has 1 amide bonds. The highest BCUT2D eigenvalue weighted by Crippen LogP contribution is 2.17. The van der Waals surface area contributed by atoms with Crippen LogP contribution in [0.2, 0.25) is 5.02 Å². The summed E-state index contributed by atoms with van der Waals surface area (Å²) >= 11 is 6.21. The standard InChI is InChI=1S/C19H29ClN4O/c1-24(2)18(25)14-22-19(23-16-9-4-3-5-10-16)21-13-12-15-8-6-7-11-17(15)20/h6-8,11,16H,3-5,9-10,12-14H2,1-2H3,(H2,21,22,23). The zero-order valence-corrected chi connectivity index (χ0v) is 16.0. The van der Waals surface area contributed by atoms with Crippen LogP contribution in [-0.2, 0) is 11.2 Å². The van der Waals surface area contributed by atoms with Gasteiger partial charge in [0.15, 0.2) is 5.96 Å². The van der Waals surface area contributed by atoms with Crippen LogP contribution in [-0.4, -0.2) is 50.0 Å². The molecule has 1 aromatic carbocycles. The average molecular weight is 365 g/mol. The van der Waals surface area contributed by atoms with Gasteiger partial charge in [-0.2, -0.15) is 0 Å². The van der Waals surface area contributed by atoms with E-state index in [4.69, 9.17) is 11.6 Å². The van der Waals surface area contributed by atoms with Gasteiger partial charge >= 0.3 is 0 Å². The van der Waals surface area contributed by atoms with Gasteiger partial charge in [0.05, 0.1) is 0 Å². The summed E-state index contributed by atoms with van der Waals surface area (Å²) in [5.74, 6) is 0.713. The van der Waals surface area contributed by atoms with Crippen LogP contribution in [0.25, 0.3) is 0 Å². The Bertz CT molecular complexity index is 583. The van der Waals surface area contributed by atoms with E-state index in [1.807, 2.05) is 24.3 Å². The maximum absolute atomic E-state index is 11.8. The molecule has 1 aliphatic carbocycles. The van der Waals surface area contributed by atoms with Crippen LogP contribution in [0.4, 0.5) is 0 Å². The third-order valence-corrected chi connectivity index (χ3v) is 4.83. The van der Waals surface area contributed by atoms with E-state index in [1.165, 1.54) is 19.3 Å². The predicted molar refractivity (Wildman–Crippen MR) is 104 cm³/mol. The van der Waals surface area contributed by atoms with Gasteiger partial charge in [-0.25, -0.2) is 4.99 Å². The molecule has 0 aromatic heterocycles. The summed E-state index contributed by atoms with van der Waals surface area (Å²) in [5, 5.41) is 7.62. The van der Waals surface area contributed by atoms with Gasteiger partial charge < -0.3 is 15.5 Å². The minimum absolute atomic E-state index is 0.00384. The predicted octanol–water partition coefficient (Wildman–Crippen LogP) is 2.84. The number of hydrogen-bond acceptors (Lipinski definition) is 2. The summed E-state index contributed by atoms with van der Waals surface area (Å²) in [5.41, 5.74) is 1.11. The Morgan fingerprint density at radius 3 is 2.64 bits per heavy atom. The van der Waals surface area contributed by atoms with Gasteiger partial charge in [0.25, 0.3) is 0 Å². The van der Waals surface area contributed by atoms with Crippen molar-refractivity contribution in [3.63, 3.8) is 0 Å². The smallest absolute Gasteiger partial charge is 0.243 e. The van der Waals surface area contributed by atoms with Crippen molar-refractivity contribution in [3.05, 3.63) is 34.9 Å². The van der Waals surface area contributed by atoms with E-state index in [0.29, 0.717) is 12.0 Å². The molecule has 2 N–H and O–H groups in total. The minimum Gasteiger partial charge on any atom is -0.356 e. The molecule has 0 unspecified atom stereocenters. The number of aliphatic imine (C=N–C) groups is 1. The van der Waals surface area contributed by atoms with Crippen LogP contribution in [0, 0.1) is 0 Å². The molecule has 2 rings (SSSR count). The molecule has 1 aromatic rings.